The molecule has 0 aromatic rings. The van der Waals surface area contributed by atoms with Crippen molar-refractivity contribution in [3.63, 3.8) is 0 Å². The van der Waals surface area contributed by atoms with Crippen LogP contribution in [0.25, 0.3) is 0 Å². The Hall–Kier alpha value is 0.137. The molecule has 0 aliphatic heterocycles. The zero-order valence-electron chi connectivity index (χ0n) is 12.0. The Morgan fingerprint density at radius 2 is 1.53 bits per heavy atom. The van der Waals surface area contributed by atoms with Crippen molar-refractivity contribution in [1.82, 2.24) is 0 Å². The van der Waals surface area contributed by atoms with E-state index in [9.17, 15) is 4.80 Å². The summed E-state index contributed by atoms with van der Waals surface area (Å²) in [6, 6.07) is 0. The molecule has 1 fully saturated rings. The van der Waals surface area contributed by atoms with Gasteiger partial charge in [-0.05, 0) is 49.2 Å². The summed E-state index contributed by atoms with van der Waals surface area (Å²) in [5, 5.41) is 9.24. The third kappa shape index (κ3) is 4.38. The summed E-state index contributed by atoms with van der Waals surface area (Å²) in [5.74, 6) is 1.39. The highest BCUT2D eigenvalue weighted by atomic mass is 28.4. The van der Waals surface area contributed by atoms with Gasteiger partial charge < -0.3 is 9.90 Å². The monoisotopic (exact) mass is 258 g/mol. The van der Waals surface area contributed by atoms with E-state index >= 15 is 0 Å². The Labute approximate surface area is 108 Å². The molecule has 0 aromatic heterocycles. The molecule has 2 nitrogen and oxygen atoms in total. The summed E-state index contributed by atoms with van der Waals surface area (Å²) in [4.78, 5) is 10.3. The first-order valence-corrected chi connectivity index (χ1v) is 10.0. The molecule has 0 heterocycles. The maximum Gasteiger partial charge on any atom is 0.188 e. The Bertz CT molecular complexity index is 225. The van der Waals surface area contributed by atoms with Gasteiger partial charge >= 0.3 is 0 Å². The molecule has 0 aromatic carbocycles. The molecule has 0 radical (unpaired) electrons. The van der Waals surface area contributed by atoms with Crippen molar-refractivity contribution in [3.8, 4) is 0 Å². The molecule has 0 bridgehead atoms. The highest BCUT2D eigenvalue weighted by Crippen LogP contribution is 2.42. The van der Waals surface area contributed by atoms with Gasteiger partial charge in [0.25, 0.3) is 0 Å². The van der Waals surface area contributed by atoms with E-state index < -0.39 is 8.32 Å². The van der Waals surface area contributed by atoms with Crippen LogP contribution in [-0.2, 0) is 0 Å². The number of aliphatic hydroxyl groups is 1. The maximum absolute atomic E-state index is 10.3. The lowest BCUT2D eigenvalue weighted by Crippen LogP contribution is -2.39. The van der Waals surface area contributed by atoms with Crippen LogP contribution in [0, 0.1) is 11.8 Å². The first-order chi connectivity index (χ1) is 7.76. The van der Waals surface area contributed by atoms with Gasteiger partial charge in [-0.1, -0.05) is 33.1 Å². The van der Waals surface area contributed by atoms with Crippen LogP contribution in [0.3, 0.4) is 0 Å². The second-order valence-corrected chi connectivity index (χ2v) is 11.5. The van der Waals surface area contributed by atoms with E-state index in [2.05, 4.69) is 26.9 Å². The normalized spacial score (nSPS) is 27.2. The van der Waals surface area contributed by atoms with Gasteiger partial charge in [-0.2, -0.15) is 0 Å². The Morgan fingerprint density at radius 1 is 1.06 bits per heavy atom. The molecule has 0 amide bonds. The van der Waals surface area contributed by atoms with Crippen molar-refractivity contribution in [2.24, 2.45) is 11.8 Å². The average molecular weight is 258 g/mol. The Kier molecular flexibility index (Phi) is 5.23. The van der Waals surface area contributed by atoms with Crippen molar-refractivity contribution in [1.29, 1.82) is 0 Å². The molecule has 0 atom stereocenters. The summed E-state index contributed by atoms with van der Waals surface area (Å²) in [7, 11) is -2.03. The summed E-state index contributed by atoms with van der Waals surface area (Å²) >= 11 is 0. The van der Waals surface area contributed by atoms with Gasteiger partial charge in [0.15, 0.2) is 8.32 Å². The molecule has 2 N–H and O–H groups in total. The lowest BCUT2D eigenvalue weighted by molar-refractivity contribution is 0.161. The second kappa shape index (κ2) is 5.85. The van der Waals surface area contributed by atoms with E-state index in [4.69, 9.17) is 5.11 Å². The van der Waals surface area contributed by atoms with Gasteiger partial charge in [0.2, 0.25) is 0 Å². The quantitative estimate of drug-likeness (QED) is 0.741. The molecule has 1 aliphatic carbocycles. The summed E-state index contributed by atoms with van der Waals surface area (Å²) in [5.41, 5.74) is 0. The van der Waals surface area contributed by atoms with Crippen LogP contribution < -0.4 is 0 Å². The number of hydrogen-bond acceptors (Lipinski definition) is 2. The third-order valence-corrected chi connectivity index (χ3v) is 8.62. The molecular formula is C14H30O2Si. The van der Waals surface area contributed by atoms with E-state index in [0.29, 0.717) is 12.5 Å². The van der Waals surface area contributed by atoms with Crippen LogP contribution in [0.2, 0.25) is 18.1 Å². The summed E-state index contributed by atoms with van der Waals surface area (Å²) < 4.78 is 0. The zero-order valence-corrected chi connectivity index (χ0v) is 13.0. The minimum Gasteiger partial charge on any atom is -0.432 e. The largest absolute Gasteiger partial charge is 0.432 e. The minimum atomic E-state index is -2.03. The van der Waals surface area contributed by atoms with E-state index in [1.165, 1.54) is 32.1 Å². The number of aliphatic hydroxyl groups excluding tert-OH is 1. The number of hydrogen-bond donors (Lipinski definition) is 2. The molecule has 0 saturated heterocycles. The summed E-state index contributed by atoms with van der Waals surface area (Å²) in [6.45, 7) is 8.91. The van der Waals surface area contributed by atoms with Crippen LogP contribution in [-0.4, -0.2) is 24.8 Å². The van der Waals surface area contributed by atoms with Crippen LogP contribution in [0.5, 0.6) is 0 Å². The van der Waals surface area contributed by atoms with Gasteiger partial charge in [0.05, 0.1) is 0 Å². The van der Waals surface area contributed by atoms with Crippen molar-refractivity contribution in [2.45, 2.75) is 70.5 Å². The molecule has 0 unspecified atom stereocenters. The SMILES string of the molecule is CC(C)(CCC1CCC(CO)CC1)[Si](C)(C)O. The van der Waals surface area contributed by atoms with Gasteiger partial charge in [0.1, 0.15) is 0 Å². The van der Waals surface area contributed by atoms with Gasteiger partial charge in [-0.3, -0.25) is 0 Å². The van der Waals surface area contributed by atoms with E-state index in [-0.39, 0.29) is 5.04 Å². The molecule has 1 saturated carbocycles. The fraction of sp³-hybridized carbons (Fsp3) is 1.00. The summed E-state index contributed by atoms with van der Waals surface area (Å²) in [6.07, 6.45) is 7.34. The predicted octanol–water partition coefficient (Wildman–Crippen LogP) is 3.54. The first-order valence-electron chi connectivity index (χ1n) is 7.09. The van der Waals surface area contributed by atoms with Crippen molar-refractivity contribution in [3.05, 3.63) is 0 Å². The van der Waals surface area contributed by atoms with Crippen LogP contribution in [0.15, 0.2) is 0 Å². The fourth-order valence-electron chi connectivity index (χ4n) is 2.57. The van der Waals surface area contributed by atoms with E-state index in [1.807, 2.05) is 0 Å². The lowest BCUT2D eigenvalue weighted by Gasteiger charge is -2.37. The zero-order chi connectivity index (χ0) is 13.1. The van der Waals surface area contributed by atoms with Crippen LogP contribution in [0.4, 0.5) is 0 Å². The molecule has 3 heteroatoms. The molecule has 0 spiro atoms. The van der Waals surface area contributed by atoms with E-state index in [1.54, 1.807) is 0 Å². The van der Waals surface area contributed by atoms with Crippen molar-refractivity contribution < 1.29 is 9.90 Å². The van der Waals surface area contributed by atoms with Crippen LogP contribution in [0.1, 0.15) is 52.4 Å². The Balaban J connectivity index is 2.33. The molecule has 17 heavy (non-hydrogen) atoms. The van der Waals surface area contributed by atoms with Crippen molar-refractivity contribution in [2.75, 3.05) is 6.61 Å². The van der Waals surface area contributed by atoms with E-state index in [0.717, 1.165) is 12.3 Å². The Morgan fingerprint density at radius 3 is 1.94 bits per heavy atom. The minimum absolute atomic E-state index is 0.126. The van der Waals surface area contributed by atoms with Crippen LogP contribution >= 0.6 is 0 Å². The number of rotatable bonds is 5. The van der Waals surface area contributed by atoms with Gasteiger partial charge in [-0.25, -0.2) is 0 Å². The molecular weight excluding hydrogens is 228 g/mol. The molecule has 1 aliphatic rings. The van der Waals surface area contributed by atoms with Crippen molar-refractivity contribution >= 4 is 8.32 Å². The standard InChI is InChI=1S/C14H30O2Si/c1-14(2,17(3,4)16)10-9-12-5-7-13(11-15)8-6-12/h12-13,15-16H,5-11H2,1-4H3. The highest BCUT2D eigenvalue weighted by Gasteiger charge is 2.38. The highest BCUT2D eigenvalue weighted by molar-refractivity contribution is 6.72. The van der Waals surface area contributed by atoms with Gasteiger partial charge in [-0.15, -0.1) is 0 Å². The lowest BCUT2D eigenvalue weighted by atomic mass is 9.79. The average Bonchev–Trinajstić information content (AvgIpc) is 2.25. The molecule has 102 valence electrons. The van der Waals surface area contributed by atoms with Gasteiger partial charge in [0, 0.05) is 6.61 Å². The third-order valence-electron chi connectivity index (χ3n) is 5.06. The molecule has 1 rings (SSSR count). The fourth-order valence-corrected chi connectivity index (χ4v) is 3.33. The maximum atomic E-state index is 10.3. The smallest absolute Gasteiger partial charge is 0.188 e. The first kappa shape index (κ1) is 15.2. The predicted molar refractivity (Wildman–Crippen MR) is 75.5 cm³/mol. The topological polar surface area (TPSA) is 40.5 Å². The second-order valence-electron chi connectivity index (χ2n) is 7.05.